The van der Waals surface area contributed by atoms with Crippen LogP contribution >= 0.6 is 0 Å². The van der Waals surface area contributed by atoms with Gasteiger partial charge in [0.25, 0.3) is 0 Å². The summed E-state index contributed by atoms with van der Waals surface area (Å²) in [6.07, 6.45) is 4.69. The van der Waals surface area contributed by atoms with Crippen LogP contribution < -0.4 is 10.2 Å². The first-order valence-electron chi connectivity index (χ1n) is 8.22. The first kappa shape index (κ1) is 15.1. The number of hydrogen-bond donors (Lipinski definition) is 1. The lowest BCUT2D eigenvalue weighted by Crippen LogP contribution is -2.40. The fourth-order valence-electron chi connectivity index (χ4n) is 3.45. The molecule has 2 amide bonds. The molecule has 4 nitrogen and oxygen atoms in total. The van der Waals surface area contributed by atoms with Gasteiger partial charge in [-0.1, -0.05) is 18.9 Å². The van der Waals surface area contributed by atoms with Crippen LogP contribution in [0.4, 0.5) is 5.69 Å². The topological polar surface area (TPSA) is 49.4 Å². The molecular formula is C18H24N2O2. The van der Waals surface area contributed by atoms with E-state index in [1.807, 2.05) is 12.1 Å². The van der Waals surface area contributed by atoms with Crippen LogP contribution in [0, 0.1) is 19.8 Å². The van der Waals surface area contributed by atoms with Gasteiger partial charge < -0.3 is 10.2 Å². The maximum Gasteiger partial charge on any atom is 0.229 e. The van der Waals surface area contributed by atoms with Crippen LogP contribution in [-0.2, 0) is 9.59 Å². The van der Waals surface area contributed by atoms with Gasteiger partial charge in [-0.15, -0.1) is 0 Å². The number of hydrogen-bond acceptors (Lipinski definition) is 2. The second-order valence-corrected chi connectivity index (χ2v) is 6.66. The predicted molar refractivity (Wildman–Crippen MR) is 86.8 cm³/mol. The molecule has 0 bridgehead atoms. The Morgan fingerprint density at radius 2 is 1.91 bits per heavy atom. The van der Waals surface area contributed by atoms with Crippen LogP contribution in [0.1, 0.15) is 43.2 Å². The molecule has 0 radical (unpaired) electrons. The summed E-state index contributed by atoms with van der Waals surface area (Å²) in [4.78, 5) is 26.3. The standard InChI is InChI=1S/C18H24N2O2/c1-12-7-8-16(9-13(12)2)20-11-15(10-17(20)21)19-18(22)14-5-3-4-6-14/h7-9,14-15H,3-6,10-11H2,1-2H3,(H,19,22). The smallest absolute Gasteiger partial charge is 0.229 e. The number of anilines is 1. The van der Waals surface area contributed by atoms with Gasteiger partial charge in [-0.25, -0.2) is 0 Å². The average molecular weight is 300 g/mol. The van der Waals surface area contributed by atoms with E-state index in [1.165, 1.54) is 11.1 Å². The van der Waals surface area contributed by atoms with Crippen molar-refractivity contribution in [2.45, 2.75) is 52.0 Å². The van der Waals surface area contributed by atoms with Crippen LogP contribution in [-0.4, -0.2) is 24.4 Å². The molecule has 1 saturated carbocycles. The molecule has 1 aliphatic carbocycles. The minimum atomic E-state index is -0.0535. The van der Waals surface area contributed by atoms with E-state index in [1.54, 1.807) is 4.90 Å². The van der Waals surface area contributed by atoms with Crippen molar-refractivity contribution in [3.63, 3.8) is 0 Å². The molecule has 0 spiro atoms. The van der Waals surface area contributed by atoms with Crippen LogP contribution in [0.5, 0.6) is 0 Å². The Labute approximate surface area is 131 Å². The van der Waals surface area contributed by atoms with E-state index < -0.39 is 0 Å². The van der Waals surface area contributed by atoms with E-state index in [0.29, 0.717) is 13.0 Å². The Kier molecular flexibility index (Phi) is 4.19. The van der Waals surface area contributed by atoms with Crippen molar-refractivity contribution >= 4 is 17.5 Å². The van der Waals surface area contributed by atoms with Crippen molar-refractivity contribution in [1.82, 2.24) is 5.32 Å². The fourth-order valence-corrected chi connectivity index (χ4v) is 3.45. The van der Waals surface area contributed by atoms with Crippen molar-refractivity contribution in [1.29, 1.82) is 0 Å². The minimum Gasteiger partial charge on any atom is -0.351 e. The molecule has 1 atom stereocenters. The van der Waals surface area contributed by atoms with E-state index in [-0.39, 0.29) is 23.8 Å². The molecule has 1 aliphatic heterocycles. The molecule has 1 N–H and O–H groups in total. The number of nitrogens with one attached hydrogen (secondary N) is 1. The maximum absolute atomic E-state index is 12.3. The molecule has 4 heteroatoms. The van der Waals surface area contributed by atoms with Gasteiger partial charge in [0.15, 0.2) is 0 Å². The van der Waals surface area contributed by atoms with E-state index in [9.17, 15) is 9.59 Å². The molecule has 2 fully saturated rings. The first-order chi connectivity index (χ1) is 10.5. The van der Waals surface area contributed by atoms with Crippen molar-refractivity contribution < 1.29 is 9.59 Å². The van der Waals surface area contributed by atoms with Crippen molar-refractivity contribution in [3.8, 4) is 0 Å². The third kappa shape index (κ3) is 3.01. The molecular weight excluding hydrogens is 276 g/mol. The van der Waals surface area contributed by atoms with Gasteiger partial charge in [0.1, 0.15) is 0 Å². The Morgan fingerprint density at radius 1 is 1.18 bits per heavy atom. The Morgan fingerprint density at radius 3 is 2.59 bits per heavy atom. The Hall–Kier alpha value is -1.84. The van der Waals surface area contributed by atoms with Gasteiger partial charge in [0.2, 0.25) is 11.8 Å². The van der Waals surface area contributed by atoms with Gasteiger partial charge in [-0.05, 0) is 49.9 Å². The van der Waals surface area contributed by atoms with E-state index >= 15 is 0 Å². The third-order valence-electron chi connectivity index (χ3n) is 5.00. The summed E-state index contributed by atoms with van der Waals surface area (Å²) >= 11 is 0. The SMILES string of the molecule is Cc1ccc(N2CC(NC(=O)C3CCCC3)CC2=O)cc1C. The van der Waals surface area contributed by atoms with Gasteiger partial charge in [-0.3, -0.25) is 9.59 Å². The number of benzene rings is 1. The highest BCUT2D eigenvalue weighted by molar-refractivity contribution is 5.97. The molecule has 0 aromatic heterocycles. The number of aryl methyl sites for hydroxylation is 2. The number of carbonyl (C=O) groups is 2. The maximum atomic E-state index is 12.3. The summed E-state index contributed by atoms with van der Waals surface area (Å²) in [5.41, 5.74) is 3.34. The van der Waals surface area contributed by atoms with E-state index in [0.717, 1.165) is 31.4 Å². The molecule has 2 aliphatic rings. The molecule has 1 aromatic carbocycles. The quantitative estimate of drug-likeness (QED) is 0.933. The minimum absolute atomic E-state index is 0.0535. The normalized spacial score (nSPS) is 22.4. The van der Waals surface area contributed by atoms with E-state index in [4.69, 9.17) is 0 Å². The summed E-state index contributed by atoms with van der Waals surface area (Å²) in [5, 5.41) is 3.08. The highest BCUT2D eigenvalue weighted by atomic mass is 16.2. The molecule has 1 aromatic rings. The van der Waals surface area contributed by atoms with Gasteiger partial charge in [-0.2, -0.15) is 0 Å². The number of nitrogens with zero attached hydrogens (tertiary/aromatic N) is 1. The highest BCUT2D eigenvalue weighted by Gasteiger charge is 2.33. The van der Waals surface area contributed by atoms with Gasteiger partial charge >= 0.3 is 0 Å². The zero-order valence-electron chi connectivity index (χ0n) is 13.4. The Balaban J connectivity index is 1.65. The van der Waals surface area contributed by atoms with Crippen LogP contribution in [0.2, 0.25) is 0 Å². The zero-order chi connectivity index (χ0) is 15.7. The summed E-state index contributed by atoms with van der Waals surface area (Å²) < 4.78 is 0. The lowest BCUT2D eigenvalue weighted by atomic mass is 10.1. The predicted octanol–water partition coefficient (Wildman–Crippen LogP) is 2.72. The second kappa shape index (κ2) is 6.11. The summed E-state index contributed by atoms with van der Waals surface area (Å²) in [7, 11) is 0. The van der Waals surface area contributed by atoms with E-state index in [2.05, 4.69) is 25.2 Å². The number of rotatable bonds is 3. The first-order valence-corrected chi connectivity index (χ1v) is 8.22. The van der Waals surface area contributed by atoms with Crippen molar-refractivity contribution in [3.05, 3.63) is 29.3 Å². The van der Waals surface area contributed by atoms with Crippen molar-refractivity contribution in [2.24, 2.45) is 5.92 Å². The monoisotopic (exact) mass is 300 g/mol. The second-order valence-electron chi connectivity index (χ2n) is 6.66. The van der Waals surface area contributed by atoms with Gasteiger partial charge in [0.05, 0.1) is 6.04 Å². The molecule has 1 heterocycles. The molecule has 1 saturated heterocycles. The average Bonchev–Trinajstić information content (AvgIpc) is 3.12. The zero-order valence-corrected chi connectivity index (χ0v) is 13.4. The molecule has 3 rings (SSSR count). The largest absolute Gasteiger partial charge is 0.351 e. The summed E-state index contributed by atoms with van der Waals surface area (Å²) in [6, 6.07) is 6.03. The lowest BCUT2D eigenvalue weighted by Gasteiger charge is -2.19. The molecule has 1 unspecified atom stereocenters. The fraction of sp³-hybridized carbons (Fsp3) is 0.556. The van der Waals surface area contributed by atoms with Gasteiger partial charge in [0, 0.05) is 24.6 Å². The van der Waals surface area contributed by atoms with Crippen molar-refractivity contribution in [2.75, 3.05) is 11.4 Å². The molecule has 22 heavy (non-hydrogen) atoms. The summed E-state index contributed by atoms with van der Waals surface area (Å²) in [6.45, 7) is 4.70. The Bertz CT molecular complexity index is 591. The van der Waals surface area contributed by atoms with Crippen LogP contribution in [0.15, 0.2) is 18.2 Å². The summed E-state index contributed by atoms with van der Waals surface area (Å²) in [5.74, 6) is 0.392. The number of carbonyl (C=O) groups excluding carboxylic acids is 2. The van der Waals surface area contributed by atoms with Crippen LogP contribution in [0.25, 0.3) is 0 Å². The third-order valence-corrected chi connectivity index (χ3v) is 5.00. The molecule has 118 valence electrons. The lowest BCUT2D eigenvalue weighted by molar-refractivity contribution is -0.125. The highest BCUT2D eigenvalue weighted by Crippen LogP contribution is 2.27. The number of amides is 2. The van der Waals surface area contributed by atoms with Crippen LogP contribution in [0.3, 0.4) is 0 Å².